The molecule has 3 aromatic rings. The summed E-state index contributed by atoms with van der Waals surface area (Å²) in [6.45, 7) is 0.0160. The highest BCUT2D eigenvalue weighted by Crippen LogP contribution is 2.37. The first kappa shape index (κ1) is 21.2. The molecular weight excluding hydrogens is 470 g/mol. The number of furan rings is 1. The summed E-state index contributed by atoms with van der Waals surface area (Å²) in [6.07, 6.45) is 1.19. The van der Waals surface area contributed by atoms with E-state index < -0.39 is 22.8 Å². The number of imide groups is 2. The Balaban J connectivity index is 1.46. The molecule has 0 unspecified atom stereocenters. The summed E-state index contributed by atoms with van der Waals surface area (Å²) in [5.74, 6) is -0.538. The number of ether oxygens (including phenoxy) is 2. The number of nitro benzene ring substituents is 1. The number of carbonyl (C=O) groups excluding carboxylic acids is 3. The van der Waals surface area contributed by atoms with Gasteiger partial charge in [0.05, 0.1) is 15.6 Å². The van der Waals surface area contributed by atoms with Crippen molar-refractivity contribution >= 4 is 46.9 Å². The number of rotatable bonds is 4. The van der Waals surface area contributed by atoms with Gasteiger partial charge in [0.15, 0.2) is 11.5 Å². The van der Waals surface area contributed by atoms with Crippen LogP contribution in [0.1, 0.15) is 5.76 Å². The zero-order valence-electron chi connectivity index (χ0n) is 16.9. The third kappa shape index (κ3) is 3.63. The molecule has 0 radical (unpaired) electrons. The van der Waals surface area contributed by atoms with E-state index in [1.54, 1.807) is 6.07 Å². The first-order valence-electron chi connectivity index (χ1n) is 9.67. The number of carbonyl (C=O) groups is 3. The lowest BCUT2D eigenvalue weighted by molar-refractivity contribution is -0.384. The van der Waals surface area contributed by atoms with Gasteiger partial charge in [0.1, 0.15) is 17.1 Å². The van der Waals surface area contributed by atoms with Crippen molar-refractivity contribution in [2.75, 3.05) is 11.7 Å². The number of urea groups is 1. The molecular formula is C22H12ClN3O8. The van der Waals surface area contributed by atoms with Crippen LogP contribution in [0.3, 0.4) is 0 Å². The van der Waals surface area contributed by atoms with E-state index in [4.69, 9.17) is 25.5 Å². The Bertz CT molecular complexity index is 1430. The van der Waals surface area contributed by atoms with Crippen LogP contribution >= 0.6 is 11.6 Å². The predicted molar refractivity (Wildman–Crippen MR) is 117 cm³/mol. The minimum Gasteiger partial charge on any atom is -0.457 e. The molecule has 11 nitrogen and oxygen atoms in total. The van der Waals surface area contributed by atoms with E-state index in [1.807, 2.05) is 0 Å². The molecule has 1 aromatic heterocycles. The number of amides is 4. The predicted octanol–water partition coefficient (Wildman–Crippen LogP) is 3.90. The van der Waals surface area contributed by atoms with Crippen LogP contribution in [0.15, 0.2) is 58.5 Å². The van der Waals surface area contributed by atoms with Gasteiger partial charge in [-0.15, -0.1) is 0 Å². The molecule has 1 N–H and O–H groups in total. The van der Waals surface area contributed by atoms with Gasteiger partial charge < -0.3 is 13.9 Å². The fourth-order valence-corrected chi connectivity index (χ4v) is 3.72. The largest absolute Gasteiger partial charge is 0.457 e. The Morgan fingerprint density at radius 1 is 1.03 bits per heavy atom. The summed E-state index contributed by atoms with van der Waals surface area (Å²) >= 11 is 6.14. The average Bonchev–Trinajstić information content (AvgIpc) is 3.45. The molecule has 0 saturated carbocycles. The van der Waals surface area contributed by atoms with E-state index in [1.165, 1.54) is 48.5 Å². The van der Waals surface area contributed by atoms with E-state index in [9.17, 15) is 24.5 Å². The Hall–Kier alpha value is -4.64. The van der Waals surface area contributed by atoms with Crippen molar-refractivity contribution in [1.29, 1.82) is 0 Å². The molecule has 1 fully saturated rings. The molecule has 2 aromatic carbocycles. The number of benzene rings is 2. The maximum atomic E-state index is 13.1. The quantitative estimate of drug-likeness (QED) is 0.256. The van der Waals surface area contributed by atoms with E-state index >= 15 is 0 Å². The number of halogens is 1. The molecule has 170 valence electrons. The lowest BCUT2D eigenvalue weighted by Crippen LogP contribution is -2.54. The first-order valence-corrected chi connectivity index (χ1v) is 10.0. The lowest BCUT2D eigenvalue weighted by atomic mass is 10.1. The number of non-ortho nitro benzene ring substituents is 1. The molecule has 0 bridgehead atoms. The van der Waals surface area contributed by atoms with Gasteiger partial charge in [-0.1, -0.05) is 11.6 Å². The highest BCUT2D eigenvalue weighted by Gasteiger charge is 2.37. The second-order valence-electron chi connectivity index (χ2n) is 7.12. The summed E-state index contributed by atoms with van der Waals surface area (Å²) in [5.41, 5.74) is 0.0461. The summed E-state index contributed by atoms with van der Waals surface area (Å²) in [5, 5.41) is 13.1. The number of hydrogen-bond acceptors (Lipinski definition) is 8. The van der Waals surface area contributed by atoms with E-state index in [2.05, 4.69) is 5.32 Å². The molecule has 12 heteroatoms. The molecule has 0 atom stereocenters. The zero-order valence-corrected chi connectivity index (χ0v) is 17.7. The van der Waals surface area contributed by atoms with Gasteiger partial charge >= 0.3 is 6.03 Å². The maximum absolute atomic E-state index is 13.1. The summed E-state index contributed by atoms with van der Waals surface area (Å²) in [7, 11) is 0. The van der Waals surface area contributed by atoms with Crippen LogP contribution in [-0.2, 0) is 9.59 Å². The third-order valence-electron chi connectivity index (χ3n) is 5.06. The Morgan fingerprint density at radius 2 is 1.82 bits per heavy atom. The number of anilines is 1. The fourth-order valence-electron chi connectivity index (χ4n) is 3.45. The van der Waals surface area contributed by atoms with Crippen LogP contribution in [0, 0.1) is 10.1 Å². The van der Waals surface area contributed by atoms with Gasteiger partial charge in [-0.25, -0.2) is 9.69 Å². The molecule has 4 amide bonds. The SMILES string of the molecule is O=C1NC(=O)N(c2ccc3c(c2)OCO3)C(=O)/C1=C/c1ccc(-c2ccc([N+](=O)[O-])cc2Cl)o1. The van der Waals surface area contributed by atoms with Crippen LogP contribution in [0.2, 0.25) is 5.02 Å². The Kier molecular flexibility index (Phi) is 5.02. The number of fused-ring (bicyclic) bond motifs is 1. The van der Waals surface area contributed by atoms with Crippen LogP contribution in [0.25, 0.3) is 17.4 Å². The second-order valence-corrected chi connectivity index (χ2v) is 7.53. The normalized spacial score (nSPS) is 16.2. The zero-order chi connectivity index (χ0) is 24.0. The topological polar surface area (TPSA) is 141 Å². The third-order valence-corrected chi connectivity index (χ3v) is 5.37. The molecule has 1 saturated heterocycles. The molecule has 2 aliphatic heterocycles. The highest BCUT2D eigenvalue weighted by atomic mass is 35.5. The molecule has 5 rings (SSSR count). The van der Waals surface area contributed by atoms with Crippen LogP contribution in [-0.4, -0.2) is 29.6 Å². The minimum atomic E-state index is -0.913. The van der Waals surface area contributed by atoms with Crippen molar-refractivity contribution in [2.45, 2.75) is 0 Å². The molecule has 34 heavy (non-hydrogen) atoms. The number of nitrogens with one attached hydrogen (secondary N) is 1. The molecule has 0 aliphatic carbocycles. The Morgan fingerprint density at radius 3 is 2.59 bits per heavy atom. The van der Waals surface area contributed by atoms with Crippen LogP contribution < -0.4 is 19.7 Å². The number of barbiturate groups is 1. The Labute approximate surface area is 195 Å². The number of hydrogen-bond donors (Lipinski definition) is 1. The van der Waals surface area contributed by atoms with Crippen molar-refractivity contribution in [3.8, 4) is 22.8 Å². The van der Waals surface area contributed by atoms with Crippen molar-refractivity contribution in [3.05, 3.63) is 75.0 Å². The lowest BCUT2D eigenvalue weighted by Gasteiger charge is -2.26. The van der Waals surface area contributed by atoms with Crippen LogP contribution in [0.5, 0.6) is 11.5 Å². The van der Waals surface area contributed by atoms with Gasteiger partial charge in [-0.05, 0) is 36.4 Å². The standard InChI is InChI=1S/C22H12ClN3O8/c23-16-7-12(26(30)31)1-4-14(16)17-6-3-13(34-17)9-15-20(27)24-22(29)25(21(15)28)11-2-5-18-19(8-11)33-10-32-18/h1-9H,10H2,(H,24,27,29)/b15-9+. The van der Waals surface area contributed by atoms with Gasteiger partial charge in [-0.3, -0.25) is 25.0 Å². The van der Waals surface area contributed by atoms with Crippen molar-refractivity contribution in [2.24, 2.45) is 0 Å². The maximum Gasteiger partial charge on any atom is 0.335 e. The minimum absolute atomic E-state index is 0.0160. The van der Waals surface area contributed by atoms with Gasteiger partial charge in [-0.2, -0.15) is 0 Å². The first-order chi connectivity index (χ1) is 16.3. The van der Waals surface area contributed by atoms with Crippen molar-refractivity contribution in [3.63, 3.8) is 0 Å². The summed E-state index contributed by atoms with van der Waals surface area (Å²) in [6, 6.07) is 10.5. The van der Waals surface area contributed by atoms with Crippen molar-refractivity contribution < 1.29 is 33.2 Å². The van der Waals surface area contributed by atoms with Gasteiger partial charge in [0.25, 0.3) is 17.5 Å². The molecule has 3 heterocycles. The summed E-state index contributed by atoms with van der Waals surface area (Å²) < 4.78 is 16.2. The number of nitrogens with zero attached hydrogens (tertiary/aromatic N) is 2. The molecule has 2 aliphatic rings. The average molecular weight is 482 g/mol. The van der Waals surface area contributed by atoms with E-state index in [0.29, 0.717) is 17.1 Å². The highest BCUT2D eigenvalue weighted by molar-refractivity contribution is 6.39. The monoisotopic (exact) mass is 481 g/mol. The molecule has 0 spiro atoms. The van der Waals surface area contributed by atoms with Crippen molar-refractivity contribution in [1.82, 2.24) is 5.32 Å². The smallest absolute Gasteiger partial charge is 0.335 e. The fraction of sp³-hybridized carbons (Fsp3) is 0.0455. The van der Waals surface area contributed by atoms with Crippen LogP contribution in [0.4, 0.5) is 16.2 Å². The van der Waals surface area contributed by atoms with E-state index in [-0.39, 0.29) is 40.3 Å². The van der Waals surface area contributed by atoms with E-state index in [0.717, 1.165) is 4.90 Å². The van der Waals surface area contributed by atoms with Gasteiger partial charge in [0, 0.05) is 23.8 Å². The number of nitro groups is 1. The van der Waals surface area contributed by atoms with Gasteiger partial charge in [0.2, 0.25) is 6.79 Å². The summed E-state index contributed by atoms with van der Waals surface area (Å²) in [4.78, 5) is 49.0. The second kappa shape index (κ2) is 8.05.